The molecule has 11 heteroatoms. The number of aliphatic carboxylic acids is 1. The summed E-state index contributed by atoms with van der Waals surface area (Å²) in [6, 6.07) is 0. The third-order valence-corrected chi connectivity index (χ3v) is 5.22. The van der Waals surface area contributed by atoms with Crippen LogP contribution in [0.5, 0.6) is 0 Å². The Labute approximate surface area is 173 Å². The van der Waals surface area contributed by atoms with Gasteiger partial charge in [0.1, 0.15) is 12.1 Å². The van der Waals surface area contributed by atoms with Crippen molar-refractivity contribution < 1.29 is 32.6 Å². The molecule has 1 fully saturated rings. The largest absolute Gasteiger partial charge is 0.490 e. The summed E-state index contributed by atoms with van der Waals surface area (Å²) in [7, 11) is 2.05. The lowest BCUT2D eigenvalue weighted by Gasteiger charge is -2.28. The molecule has 30 heavy (non-hydrogen) atoms. The van der Waals surface area contributed by atoms with E-state index in [0.717, 1.165) is 56.8 Å². The van der Waals surface area contributed by atoms with Gasteiger partial charge < -0.3 is 19.6 Å². The number of ether oxygens (including phenoxy) is 1. The Bertz CT molecular complexity index is 739. The van der Waals surface area contributed by atoms with Crippen molar-refractivity contribution in [2.45, 2.75) is 38.8 Å². The highest BCUT2D eigenvalue weighted by atomic mass is 19.4. The molecule has 2 aliphatic heterocycles. The smallest absolute Gasteiger partial charge is 0.475 e. The first kappa shape index (κ1) is 23.8. The Kier molecular flexibility index (Phi) is 8.39. The molecule has 1 N–H and O–H groups in total. The van der Waals surface area contributed by atoms with Gasteiger partial charge in [0.05, 0.1) is 5.69 Å². The van der Waals surface area contributed by atoms with Crippen molar-refractivity contribution in [3.05, 3.63) is 17.6 Å². The molecular formula is C19H27F3N4O4. The third kappa shape index (κ3) is 6.28. The van der Waals surface area contributed by atoms with E-state index in [0.29, 0.717) is 19.1 Å². The first-order valence-electron chi connectivity index (χ1n) is 9.85. The van der Waals surface area contributed by atoms with Gasteiger partial charge in [-0.3, -0.25) is 4.79 Å². The van der Waals surface area contributed by atoms with E-state index in [-0.39, 0.29) is 5.92 Å². The van der Waals surface area contributed by atoms with Crippen LogP contribution in [0.3, 0.4) is 0 Å². The molecule has 2 aliphatic rings. The fourth-order valence-electron chi connectivity index (χ4n) is 3.41. The van der Waals surface area contributed by atoms with Crippen LogP contribution in [-0.4, -0.2) is 77.9 Å². The number of hydrogen-bond donors (Lipinski definition) is 1. The first-order chi connectivity index (χ1) is 14.1. The molecule has 3 rings (SSSR count). The van der Waals surface area contributed by atoms with Crippen molar-refractivity contribution in [2.24, 2.45) is 5.92 Å². The Hall–Kier alpha value is -2.43. The van der Waals surface area contributed by atoms with Crippen LogP contribution in [0.2, 0.25) is 0 Å². The lowest BCUT2D eigenvalue weighted by atomic mass is 9.98. The summed E-state index contributed by atoms with van der Waals surface area (Å²) in [4.78, 5) is 34.7. The summed E-state index contributed by atoms with van der Waals surface area (Å²) in [6.45, 7) is 5.97. The number of anilines is 1. The molecule has 8 nitrogen and oxygen atoms in total. The van der Waals surface area contributed by atoms with Crippen molar-refractivity contribution >= 4 is 17.7 Å². The standard InChI is InChI=1S/C17H26N4O2.C2HF3O2/c1-3-20(2)16-14-4-8-21(9-5-15(14)18-12-19-16)17(22)13-6-10-23-11-7-13;3-2(4,5)1(6)7/h12-13H,3-11H2,1-2H3;(H,6,7). The zero-order chi connectivity index (χ0) is 22.3. The minimum atomic E-state index is -5.08. The molecule has 1 aromatic rings. The Morgan fingerprint density at radius 2 is 1.83 bits per heavy atom. The summed E-state index contributed by atoms with van der Waals surface area (Å²) in [5.41, 5.74) is 2.30. The number of carbonyl (C=O) groups excluding carboxylic acids is 1. The molecule has 0 atom stereocenters. The molecule has 1 saturated heterocycles. The Balaban J connectivity index is 0.000000396. The molecule has 1 aromatic heterocycles. The van der Waals surface area contributed by atoms with Crippen LogP contribution in [0.25, 0.3) is 0 Å². The van der Waals surface area contributed by atoms with E-state index in [4.69, 9.17) is 14.6 Å². The van der Waals surface area contributed by atoms with Crippen LogP contribution in [0.4, 0.5) is 19.0 Å². The van der Waals surface area contributed by atoms with Crippen molar-refractivity contribution in [1.82, 2.24) is 14.9 Å². The van der Waals surface area contributed by atoms with E-state index in [1.54, 1.807) is 6.33 Å². The monoisotopic (exact) mass is 432 g/mol. The van der Waals surface area contributed by atoms with Gasteiger partial charge in [-0.05, 0) is 26.2 Å². The zero-order valence-electron chi connectivity index (χ0n) is 17.1. The average molecular weight is 432 g/mol. The second-order valence-electron chi connectivity index (χ2n) is 7.15. The van der Waals surface area contributed by atoms with Crippen molar-refractivity contribution in [2.75, 3.05) is 44.8 Å². The molecule has 1 amide bonds. The fourth-order valence-corrected chi connectivity index (χ4v) is 3.41. The van der Waals surface area contributed by atoms with Crippen LogP contribution in [-0.2, 0) is 27.2 Å². The van der Waals surface area contributed by atoms with E-state index in [9.17, 15) is 18.0 Å². The Morgan fingerprint density at radius 3 is 2.40 bits per heavy atom. The van der Waals surface area contributed by atoms with Gasteiger partial charge >= 0.3 is 12.1 Å². The number of hydrogen-bond acceptors (Lipinski definition) is 6. The van der Waals surface area contributed by atoms with Crippen LogP contribution in [0.1, 0.15) is 31.0 Å². The van der Waals surface area contributed by atoms with Crippen LogP contribution < -0.4 is 4.90 Å². The first-order valence-corrected chi connectivity index (χ1v) is 9.85. The lowest BCUT2D eigenvalue weighted by molar-refractivity contribution is -0.192. The van der Waals surface area contributed by atoms with Gasteiger partial charge in [-0.15, -0.1) is 0 Å². The molecular weight excluding hydrogens is 405 g/mol. The quantitative estimate of drug-likeness (QED) is 0.780. The summed E-state index contributed by atoms with van der Waals surface area (Å²) in [6.07, 6.45) is -0.0731. The van der Waals surface area contributed by atoms with E-state index in [1.807, 2.05) is 4.90 Å². The normalized spacial score (nSPS) is 17.3. The number of amides is 1. The van der Waals surface area contributed by atoms with Crippen LogP contribution >= 0.6 is 0 Å². The second kappa shape index (κ2) is 10.6. The summed E-state index contributed by atoms with van der Waals surface area (Å²) < 4.78 is 37.1. The molecule has 168 valence electrons. The minimum absolute atomic E-state index is 0.133. The molecule has 0 aromatic carbocycles. The highest BCUT2D eigenvalue weighted by Crippen LogP contribution is 2.25. The maximum atomic E-state index is 12.8. The maximum Gasteiger partial charge on any atom is 0.490 e. The van der Waals surface area contributed by atoms with E-state index < -0.39 is 12.1 Å². The highest BCUT2D eigenvalue weighted by molar-refractivity contribution is 5.79. The number of fused-ring (bicyclic) bond motifs is 1. The van der Waals surface area contributed by atoms with Crippen molar-refractivity contribution in [1.29, 1.82) is 0 Å². The van der Waals surface area contributed by atoms with Gasteiger partial charge in [-0.2, -0.15) is 13.2 Å². The summed E-state index contributed by atoms with van der Waals surface area (Å²) in [5.74, 6) is -1.32. The molecule has 0 saturated carbocycles. The number of carbonyl (C=O) groups is 2. The maximum absolute atomic E-state index is 12.8. The number of halogens is 3. The number of nitrogens with zero attached hydrogens (tertiary/aromatic N) is 4. The van der Waals surface area contributed by atoms with Crippen LogP contribution in [0.15, 0.2) is 6.33 Å². The SMILES string of the molecule is CCN(C)c1ncnc2c1CCN(C(=O)C1CCOCC1)CC2.O=C(O)C(F)(F)F. The second-order valence-corrected chi connectivity index (χ2v) is 7.15. The molecule has 0 spiro atoms. The summed E-state index contributed by atoms with van der Waals surface area (Å²) >= 11 is 0. The van der Waals surface area contributed by atoms with Crippen LogP contribution in [0, 0.1) is 5.92 Å². The third-order valence-electron chi connectivity index (χ3n) is 5.22. The number of alkyl halides is 3. The van der Waals surface area contributed by atoms with E-state index >= 15 is 0 Å². The minimum Gasteiger partial charge on any atom is -0.475 e. The predicted molar refractivity (Wildman–Crippen MR) is 102 cm³/mol. The average Bonchev–Trinajstić information content (AvgIpc) is 2.95. The van der Waals surface area contributed by atoms with Gasteiger partial charge in [0.2, 0.25) is 5.91 Å². The van der Waals surface area contributed by atoms with Gasteiger partial charge in [-0.1, -0.05) is 0 Å². The molecule has 0 radical (unpaired) electrons. The number of carboxylic acid groups (broad SMARTS) is 1. The highest BCUT2D eigenvalue weighted by Gasteiger charge is 2.38. The number of rotatable bonds is 3. The molecule has 0 aliphatic carbocycles. The van der Waals surface area contributed by atoms with E-state index in [2.05, 4.69) is 28.8 Å². The molecule has 3 heterocycles. The van der Waals surface area contributed by atoms with E-state index in [1.165, 1.54) is 5.56 Å². The van der Waals surface area contributed by atoms with Crippen molar-refractivity contribution in [3.63, 3.8) is 0 Å². The zero-order valence-corrected chi connectivity index (χ0v) is 17.1. The number of aromatic nitrogens is 2. The van der Waals surface area contributed by atoms with Crippen molar-refractivity contribution in [3.8, 4) is 0 Å². The molecule has 0 bridgehead atoms. The fraction of sp³-hybridized carbons (Fsp3) is 0.684. The van der Waals surface area contributed by atoms with Gasteiger partial charge in [0, 0.05) is 57.8 Å². The summed E-state index contributed by atoms with van der Waals surface area (Å²) in [5, 5.41) is 7.12. The Morgan fingerprint density at radius 1 is 1.23 bits per heavy atom. The van der Waals surface area contributed by atoms with Gasteiger partial charge in [0.15, 0.2) is 0 Å². The lowest BCUT2D eigenvalue weighted by Crippen LogP contribution is -2.40. The number of carboxylic acids is 1. The van der Waals surface area contributed by atoms with Gasteiger partial charge in [-0.25, -0.2) is 14.8 Å². The topological polar surface area (TPSA) is 95.9 Å². The predicted octanol–water partition coefficient (Wildman–Crippen LogP) is 1.92. The molecule has 0 unspecified atom stereocenters. The van der Waals surface area contributed by atoms with Gasteiger partial charge in [0.25, 0.3) is 0 Å².